The Morgan fingerprint density at radius 3 is 2.22 bits per heavy atom. The van der Waals surface area contributed by atoms with Crippen molar-refractivity contribution in [1.82, 2.24) is 25.9 Å². The molecule has 0 spiro atoms. The van der Waals surface area contributed by atoms with Gasteiger partial charge in [0.15, 0.2) is 0 Å². The van der Waals surface area contributed by atoms with Gasteiger partial charge in [0.2, 0.25) is 5.91 Å². The second kappa shape index (κ2) is 14.6. The molecule has 1 aromatic heterocycles. The average molecular weight is 636 g/mol. The third-order valence-electron chi connectivity index (χ3n) is 6.21. The summed E-state index contributed by atoms with van der Waals surface area (Å²) in [5.41, 5.74) is 1.23. The SMILES string of the molecule is COC(=O)C(Cc1ccc(Oc2ccc(C=C3SC(=O)NC3=O)cc2)cc1)NC(=O)CC(NC(=O)OC(C)(C)C)c1cnc[nH]1. The van der Waals surface area contributed by atoms with Crippen molar-refractivity contribution < 1.29 is 38.2 Å². The van der Waals surface area contributed by atoms with Crippen molar-refractivity contribution in [3.63, 3.8) is 0 Å². The predicted octanol–water partition coefficient (Wildman–Crippen LogP) is 4.38. The molecule has 2 atom stereocenters. The van der Waals surface area contributed by atoms with Crippen LogP contribution in [0.2, 0.25) is 0 Å². The van der Waals surface area contributed by atoms with E-state index >= 15 is 0 Å². The molecule has 1 saturated heterocycles. The number of hydrogen-bond donors (Lipinski definition) is 4. The van der Waals surface area contributed by atoms with E-state index in [-0.39, 0.29) is 12.8 Å². The van der Waals surface area contributed by atoms with Crippen LogP contribution in [0.4, 0.5) is 9.59 Å². The number of methoxy groups -OCH3 is 1. The van der Waals surface area contributed by atoms with Crippen LogP contribution < -0.4 is 20.7 Å². The minimum atomic E-state index is -0.990. The van der Waals surface area contributed by atoms with Crippen LogP contribution in [0.25, 0.3) is 6.08 Å². The van der Waals surface area contributed by atoms with Crippen LogP contribution in [-0.4, -0.2) is 57.8 Å². The van der Waals surface area contributed by atoms with Crippen molar-refractivity contribution in [2.24, 2.45) is 0 Å². The largest absolute Gasteiger partial charge is 0.467 e. The van der Waals surface area contributed by atoms with Crippen LogP contribution in [0.5, 0.6) is 11.5 Å². The highest BCUT2D eigenvalue weighted by Gasteiger charge is 2.27. The highest BCUT2D eigenvalue weighted by atomic mass is 32.2. The standard InChI is InChI=1S/C31H33N5O8S/c1-31(2,3)44-29(40)35-22(24-16-32-17-33-24)15-26(37)34-23(28(39)42-4)13-18-5-9-20(10-6-18)43-21-11-7-19(8-12-21)14-25-27(38)36-30(41)45-25/h5-12,14,16-17,22-23H,13,15H2,1-4H3,(H,32,33)(H,34,37)(H,35,40)(H,36,38,41). The van der Waals surface area contributed by atoms with Gasteiger partial charge in [-0.3, -0.25) is 19.7 Å². The maximum Gasteiger partial charge on any atom is 0.408 e. The number of nitrogens with one attached hydrogen (secondary N) is 4. The summed E-state index contributed by atoms with van der Waals surface area (Å²) in [4.78, 5) is 68.3. The topological polar surface area (TPSA) is 178 Å². The van der Waals surface area contributed by atoms with Crippen LogP contribution in [0.15, 0.2) is 66.0 Å². The summed E-state index contributed by atoms with van der Waals surface area (Å²) in [5, 5.41) is 7.18. The molecule has 4 rings (SSSR count). The molecule has 45 heavy (non-hydrogen) atoms. The Morgan fingerprint density at radius 2 is 1.67 bits per heavy atom. The lowest BCUT2D eigenvalue weighted by Gasteiger charge is -2.23. The molecule has 1 fully saturated rings. The first-order valence-electron chi connectivity index (χ1n) is 13.8. The number of carbonyl (C=O) groups excluding carboxylic acids is 5. The quantitative estimate of drug-likeness (QED) is 0.175. The fraction of sp³-hybridized carbons (Fsp3) is 0.290. The number of imide groups is 1. The van der Waals surface area contributed by atoms with E-state index in [1.165, 1.54) is 19.6 Å². The molecule has 13 nitrogen and oxygen atoms in total. The smallest absolute Gasteiger partial charge is 0.408 e. The molecule has 0 radical (unpaired) electrons. The van der Waals surface area contributed by atoms with Crippen molar-refractivity contribution in [3.8, 4) is 11.5 Å². The lowest BCUT2D eigenvalue weighted by molar-refractivity contribution is -0.145. The second-order valence-corrected chi connectivity index (χ2v) is 11.9. The highest BCUT2D eigenvalue weighted by Crippen LogP contribution is 2.27. The van der Waals surface area contributed by atoms with Gasteiger partial charge in [-0.15, -0.1) is 0 Å². The van der Waals surface area contributed by atoms with E-state index in [1.54, 1.807) is 75.4 Å². The number of aromatic nitrogens is 2. The molecule has 1 aliphatic heterocycles. The molecule has 4 amide bonds. The Bertz CT molecular complexity index is 1560. The van der Waals surface area contributed by atoms with E-state index in [0.717, 1.165) is 22.9 Å². The number of esters is 1. The number of rotatable bonds is 11. The van der Waals surface area contributed by atoms with Crippen LogP contribution in [-0.2, 0) is 30.3 Å². The van der Waals surface area contributed by atoms with Gasteiger partial charge in [-0.05, 0) is 74.0 Å². The van der Waals surface area contributed by atoms with E-state index in [1.807, 2.05) is 0 Å². The zero-order valence-electron chi connectivity index (χ0n) is 25.0. The second-order valence-electron chi connectivity index (χ2n) is 10.9. The number of thioether (sulfide) groups is 1. The van der Waals surface area contributed by atoms with E-state index in [9.17, 15) is 24.0 Å². The number of aromatic amines is 1. The molecule has 2 aromatic carbocycles. The first-order valence-corrected chi connectivity index (χ1v) is 14.7. The Morgan fingerprint density at radius 1 is 1.00 bits per heavy atom. The Hall–Kier alpha value is -5.11. The number of H-pyrrole nitrogens is 1. The van der Waals surface area contributed by atoms with Crippen LogP contribution in [0, 0.1) is 0 Å². The number of alkyl carbamates (subject to hydrolysis) is 1. The van der Waals surface area contributed by atoms with Crippen molar-refractivity contribution in [2.75, 3.05) is 7.11 Å². The zero-order valence-corrected chi connectivity index (χ0v) is 25.9. The van der Waals surface area contributed by atoms with Gasteiger partial charge in [0.05, 0.1) is 42.7 Å². The van der Waals surface area contributed by atoms with E-state index < -0.39 is 46.8 Å². The maximum absolute atomic E-state index is 13.0. The zero-order chi connectivity index (χ0) is 32.6. The number of carbonyl (C=O) groups is 5. The van der Waals surface area contributed by atoms with Crippen LogP contribution in [0.1, 0.15) is 50.1 Å². The molecule has 0 bridgehead atoms. The summed E-state index contributed by atoms with van der Waals surface area (Å²) in [6.45, 7) is 5.18. The van der Waals surface area contributed by atoms with Gasteiger partial charge in [-0.1, -0.05) is 24.3 Å². The van der Waals surface area contributed by atoms with Gasteiger partial charge < -0.3 is 29.8 Å². The molecule has 14 heteroatoms. The maximum atomic E-state index is 13.0. The highest BCUT2D eigenvalue weighted by molar-refractivity contribution is 8.18. The van der Waals surface area contributed by atoms with Gasteiger partial charge in [0, 0.05) is 6.42 Å². The molecular formula is C31H33N5O8S. The van der Waals surface area contributed by atoms with Crippen LogP contribution in [0.3, 0.4) is 0 Å². The predicted molar refractivity (Wildman–Crippen MR) is 165 cm³/mol. The minimum Gasteiger partial charge on any atom is -0.467 e. The van der Waals surface area contributed by atoms with Crippen molar-refractivity contribution in [3.05, 3.63) is 82.8 Å². The molecule has 4 N–H and O–H groups in total. The molecule has 2 heterocycles. The normalized spacial score (nSPS) is 15.2. The van der Waals surface area contributed by atoms with E-state index in [4.69, 9.17) is 14.2 Å². The molecule has 2 unspecified atom stereocenters. The fourth-order valence-electron chi connectivity index (χ4n) is 4.19. The van der Waals surface area contributed by atoms with Crippen molar-refractivity contribution in [1.29, 1.82) is 0 Å². The third kappa shape index (κ3) is 9.96. The summed E-state index contributed by atoms with van der Waals surface area (Å²) in [5.74, 6) is -0.465. The summed E-state index contributed by atoms with van der Waals surface area (Å²) in [7, 11) is 1.23. The first-order chi connectivity index (χ1) is 21.4. The summed E-state index contributed by atoms with van der Waals surface area (Å²) in [6, 6.07) is 12.2. The van der Waals surface area contributed by atoms with E-state index in [0.29, 0.717) is 22.1 Å². The van der Waals surface area contributed by atoms with Crippen molar-refractivity contribution in [2.45, 2.75) is 51.3 Å². The number of hydrogen-bond acceptors (Lipinski definition) is 10. The average Bonchev–Trinajstić information content (AvgIpc) is 3.62. The van der Waals surface area contributed by atoms with Gasteiger partial charge >= 0.3 is 12.1 Å². The van der Waals surface area contributed by atoms with Gasteiger partial charge in [-0.2, -0.15) is 0 Å². The molecule has 0 saturated carbocycles. The Balaban J connectivity index is 1.36. The summed E-state index contributed by atoms with van der Waals surface area (Å²) in [6.07, 6.45) is 3.78. The third-order valence-corrected chi connectivity index (χ3v) is 7.03. The van der Waals surface area contributed by atoms with Gasteiger partial charge in [0.25, 0.3) is 11.1 Å². The van der Waals surface area contributed by atoms with E-state index in [2.05, 4.69) is 25.9 Å². The molecule has 236 valence electrons. The van der Waals surface area contributed by atoms with Gasteiger partial charge in [0.1, 0.15) is 23.1 Å². The van der Waals surface area contributed by atoms with Crippen LogP contribution >= 0.6 is 11.8 Å². The lowest BCUT2D eigenvalue weighted by atomic mass is 10.0. The number of benzene rings is 2. The number of ether oxygens (including phenoxy) is 3. The summed E-state index contributed by atoms with van der Waals surface area (Å²) >= 11 is 0.847. The molecular weight excluding hydrogens is 602 g/mol. The molecule has 0 aliphatic carbocycles. The van der Waals surface area contributed by atoms with Crippen molar-refractivity contribution >= 4 is 47.0 Å². The lowest BCUT2D eigenvalue weighted by Crippen LogP contribution is -2.44. The number of nitrogens with zero attached hydrogens (tertiary/aromatic N) is 1. The number of imidazole rings is 1. The minimum absolute atomic E-state index is 0.143. The first kappa shape index (κ1) is 32.8. The molecule has 1 aliphatic rings. The fourth-order valence-corrected chi connectivity index (χ4v) is 4.87. The Labute approximate surface area is 263 Å². The monoisotopic (exact) mass is 635 g/mol. The molecule has 3 aromatic rings. The van der Waals surface area contributed by atoms with Gasteiger partial charge in [-0.25, -0.2) is 14.6 Å². The summed E-state index contributed by atoms with van der Waals surface area (Å²) < 4.78 is 16.1. The number of amides is 4. The Kier molecular flexibility index (Phi) is 10.6.